The smallest absolute Gasteiger partial charge is 0.255 e. The Labute approximate surface area is 134 Å². The number of alkyl halides is 2. The number of fused-ring (bicyclic) bond motifs is 1. The monoisotopic (exact) mass is 327 g/mol. The third kappa shape index (κ3) is 2.86. The van der Waals surface area contributed by atoms with E-state index in [9.17, 15) is 13.6 Å². The lowest BCUT2D eigenvalue weighted by atomic mass is 9.76. The molecule has 7 heteroatoms. The maximum atomic E-state index is 14.4. The van der Waals surface area contributed by atoms with Crippen LogP contribution < -0.4 is 5.32 Å². The van der Waals surface area contributed by atoms with E-state index in [1.807, 2.05) is 6.92 Å². The van der Waals surface area contributed by atoms with E-state index < -0.39 is 12.5 Å². The number of aryl methyl sites for hydroxylation is 1. The summed E-state index contributed by atoms with van der Waals surface area (Å²) in [6.07, 6.45) is -0.938. The molecule has 1 saturated heterocycles. The second kappa shape index (κ2) is 6.19. The predicted octanol–water partition coefficient (Wildman–Crippen LogP) is 2.35. The lowest BCUT2D eigenvalue weighted by molar-refractivity contribution is 0.0138. The first-order valence-corrected chi connectivity index (χ1v) is 8.22. The summed E-state index contributed by atoms with van der Waals surface area (Å²) < 4.78 is 34.4. The summed E-state index contributed by atoms with van der Waals surface area (Å²) in [5, 5.41) is 7.16. The van der Waals surface area contributed by atoms with E-state index in [4.69, 9.17) is 4.74 Å². The quantitative estimate of drug-likeness (QED) is 0.927. The molecule has 1 aromatic rings. The van der Waals surface area contributed by atoms with Gasteiger partial charge in [-0.05, 0) is 38.0 Å². The molecule has 0 aliphatic carbocycles. The van der Waals surface area contributed by atoms with Gasteiger partial charge < -0.3 is 10.1 Å². The SMILES string of the molecule is CCc1nn(C(F)C(C)F)c2c1C(=O)NCC1(CCOCC1)C2. The van der Waals surface area contributed by atoms with Crippen LogP contribution in [0.4, 0.5) is 8.78 Å². The third-order valence-corrected chi connectivity index (χ3v) is 4.98. The molecule has 0 aromatic carbocycles. The van der Waals surface area contributed by atoms with Gasteiger partial charge in [-0.25, -0.2) is 13.5 Å². The maximum absolute atomic E-state index is 14.4. The van der Waals surface area contributed by atoms with Crippen LogP contribution in [0.3, 0.4) is 0 Å². The van der Waals surface area contributed by atoms with E-state index in [0.717, 1.165) is 17.5 Å². The third-order valence-electron chi connectivity index (χ3n) is 4.98. The van der Waals surface area contributed by atoms with Crippen molar-refractivity contribution in [2.24, 2.45) is 5.41 Å². The van der Waals surface area contributed by atoms with E-state index in [0.29, 0.717) is 49.6 Å². The van der Waals surface area contributed by atoms with Crippen LogP contribution in [0, 0.1) is 5.41 Å². The Morgan fingerprint density at radius 3 is 2.70 bits per heavy atom. The van der Waals surface area contributed by atoms with Crippen LogP contribution in [0.2, 0.25) is 0 Å². The Morgan fingerprint density at radius 1 is 1.39 bits per heavy atom. The van der Waals surface area contributed by atoms with Crippen LogP contribution in [0.1, 0.15) is 54.7 Å². The molecule has 1 amide bonds. The van der Waals surface area contributed by atoms with Crippen molar-refractivity contribution >= 4 is 5.91 Å². The van der Waals surface area contributed by atoms with Gasteiger partial charge in [-0.15, -0.1) is 0 Å². The van der Waals surface area contributed by atoms with Gasteiger partial charge >= 0.3 is 0 Å². The summed E-state index contributed by atoms with van der Waals surface area (Å²) >= 11 is 0. The number of ether oxygens (including phenoxy) is 1. The van der Waals surface area contributed by atoms with Crippen LogP contribution in [0.15, 0.2) is 0 Å². The van der Waals surface area contributed by atoms with Crippen LogP contribution in [0.5, 0.6) is 0 Å². The lowest BCUT2D eigenvalue weighted by Gasteiger charge is -2.36. The number of carbonyl (C=O) groups excluding carboxylic acids is 1. The highest BCUT2D eigenvalue weighted by atomic mass is 19.2. The second-order valence-corrected chi connectivity index (χ2v) is 6.59. The summed E-state index contributed by atoms with van der Waals surface area (Å²) in [6, 6.07) is 0. The number of carbonyl (C=O) groups is 1. The van der Waals surface area contributed by atoms with Crippen LogP contribution in [0.25, 0.3) is 0 Å². The first-order valence-electron chi connectivity index (χ1n) is 8.22. The summed E-state index contributed by atoms with van der Waals surface area (Å²) in [4.78, 5) is 12.5. The Balaban J connectivity index is 2.08. The van der Waals surface area contributed by atoms with Gasteiger partial charge in [0.2, 0.25) is 6.30 Å². The molecule has 2 aliphatic heterocycles. The fourth-order valence-electron chi connectivity index (χ4n) is 3.53. The van der Waals surface area contributed by atoms with Crippen LogP contribution in [-0.4, -0.2) is 41.6 Å². The lowest BCUT2D eigenvalue weighted by Crippen LogP contribution is -2.41. The molecule has 1 N–H and O–H groups in total. The number of rotatable bonds is 3. The fourth-order valence-corrected chi connectivity index (χ4v) is 3.53. The Bertz CT molecular complexity index is 594. The van der Waals surface area contributed by atoms with Crippen molar-refractivity contribution in [3.8, 4) is 0 Å². The van der Waals surface area contributed by atoms with E-state index in [1.165, 1.54) is 6.92 Å². The molecule has 2 unspecified atom stereocenters. The summed E-state index contributed by atoms with van der Waals surface area (Å²) in [5.41, 5.74) is 1.32. The molecule has 2 aliphatic rings. The average molecular weight is 327 g/mol. The zero-order valence-corrected chi connectivity index (χ0v) is 13.6. The molecule has 3 heterocycles. The summed E-state index contributed by atoms with van der Waals surface area (Å²) in [5.74, 6) is -0.231. The number of nitrogens with zero attached hydrogens (tertiary/aromatic N) is 2. The van der Waals surface area contributed by atoms with Gasteiger partial charge in [0, 0.05) is 19.8 Å². The molecule has 3 rings (SSSR count). The number of hydrogen-bond donors (Lipinski definition) is 1. The molecule has 1 aromatic heterocycles. The molecule has 23 heavy (non-hydrogen) atoms. The topological polar surface area (TPSA) is 56.2 Å². The van der Waals surface area contributed by atoms with Gasteiger partial charge in [-0.2, -0.15) is 5.10 Å². The van der Waals surface area contributed by atoms with Crippen molar-refractivity contribution in [3.63, 3.8) is 0 Å². The van der Waals surface area contributed by atoms with Gasteiger partial charge in [-0.1, -0.05) is 6.92 Å². The molecule has 0 bridgehead atoms. The zero-order valence-electron chi connectivity index (χ0n) is 13.6. The number of halogens is 2. The van der Waals surface area contributed by atoms with E-state index >= 15 is 0 Å². The van der Waals surface area contributed by atoms with Gasteiger partial charge in [0.1, 0.15) is 6.17 Å². The maximum Gasteiger partial charge on any atom is 0.255 e. The van der Waals surface area contributed by atoms with E-state index in [1.54, 1.807) is 0 Å². The minimum Gasteiger partial charge on any atom is -0.381 e. The van der Waals surface area contributed by atoms with Crippen molar-refractivity contribution in [2.75, 3.05) is 19.8 Å². The van der Waals surface area contributed by atoms with Crippen LogP contribution >= 0.6 is 0 Å². The van der Waals surface area contributed by atoms with E-state index in [-0.39, 0.29) is 11.3 Å². The van der Waals surface area contributed by atoms with Crippen LogP contribution in [-0.2, 0) is 17.6 Å². The molecule has 1 spiro atoms. The Kier molecular flexibility index (Phi) is 4.40. The highest BCUT2D eigenvalue weighted by Crippen LogP contribution is 2.38. The number of hydrogen-bond acceptors (Lipinski definition) is 3. The van der Waals surface area contributed by atoms with Crippen molar-refractivity contribution in [3.05, 3.63) is 17.0 Å². The molecule has 128 valence electrons. The molecule has 0 radical (unpaired) electrons. The molecule has 2 atom stereocenters. The fraction of sp³-hybridized carbons (Fsp3) is 0.750. The predicted molar refractivity (Wildman–Crippen MR) is 80.8 cm³/mol. The van der Waals surface area contributed by atoms with E-state index in [2.05, 4.69) is 10.4 Å². The van der Waals surface area contributed by atoms with Gasteiger partial charge in [0.05, 0.1) is 17.0 Å². The minimum atomic E-state index is -1.87. The molecule has 0 saturated carbocycles. The normalized spacial score (nSPS) is 23.0. The molecule has 1 fully saturated rings. The summed E-state index contributed by atoms with van der Waals surface area (Å²) in [7, 11) is 0. The second-order valence-electron chi connectivity index (χ2n) is 6.59. The first-order chi connectivity index (χ1) is 11.0. The highest BCUT2D eigenvalue weighted by molar-refractivity contribution is 5.97. The van der Waals surface area contributed by atoms with Gasteiger partial charge in [0.25, 0.3) is 5.91 Å². The zero-order chi connectivity index (χ0) is 16.6. The Hall–Kier alpha value is -1.50. The number of amides is 1. The Morgan fingerprint density at radius 2 is 2.09 bits per heavy atom. The molecular weight excluding hydrogens is 304 g/mol. The van der Waals surface area contributed by atoms with Crippen molar-refractivity contribution < 1.29 is 18.3 Å². The number of nitrogens with one attached hydrogen (secondary N) is 1. The number of aromatic nitrogens is 2. The standard InChI is InChI=1S/C16H23F2N3O2/c1-3-11-13-12(21(20-11)14(18)10(2)17)8-16(9-19-15(13)22)4-6-23-7-5-16/h10,14H,3-9H2,1-2H3,(H,19,22). The van der Waals surface area contributed by atoms with Crippen molar-refractivity contribution in [1.29, 1.82) is 0 Å². The van der Waals surface area contributed by atoms with Crippen molar-refractivity contribution in [1.82, 2.24) is 15.1 Å². The molecule has 5 nitrogen and oxygen atoms in total. The van der Waals surface area contributed by atoms with Gasteiger partial charge in [0.15, 0.2) is 0 Å². The largest absolute Gasteiger partial charge is 0.381 e. The highest BCUT2D eigenvalue weighted by Gasteiger charge is 2.41. The average Bonchev–Trinajstić information content (AvgIpc) is 2.84. The van der Waals surface area contributed by atoms with Crippen molar-refractivity contribution in [2.45, 2.75) is 52.0 Å². The minimum absolute atomic E-state index is 0.165. The first kappa shape index (κ1) is 16.4. The summed E-state index contributed by atoms with van der Waals surface area (Å²) in [6.45, 7) is 4.82. The van der Waals surface area contributed by atoms with Gasteiger partial charge in [-0.3, -0.25) is 4.79 Å². The molecular formula is C16H23F2N3O2.